The van der Waals surface area contributed by atoms with Gasteiger partial charge in [-0.3, -0.25) is 14.4 Å². The standard InChI is InChI=1S/C23H28BrN3O3/c1-15(25-21(29)16-10-12-17(13-11-16)23(2,3)4)22(30)27(5)14-20(28)26-19-9-7-6-8-18(19)24/h6-13,15H,14H2,1-5H3,(H,25,29)(H,26,28). The molecule has 0 radical (unpaired) electrons. The number of nitrogens with one attached hydrogen (secondary N) is 2. The van der Waals surface area contributed by atoms with E-state index in [2.05, 4.69) is 47.3 Å². The van der Waals surface area contributed by atoms with E-state index in [1.807, 2.05) is 24.3 Å². The summed E-state index contributed by atoms with van der Waals surface area (Å²) in [5.41, 5.74) is 2.23. The Balaban J connectivity index is 1.92. The summed E-state index contributed by atoms with van der Waals surface area (Å²) >= 11 is 3.36. The van der Waals surface area contributed by atoms with Crippen molar-refractivity contribution in [3.05, 3.63) is 64.1 Å². The highest BCUT2D eigenvalue weighted by Gasteiger charge is 2.22. The van der Waals surface area contributed by atoms with Crippen LogP contribution in [0.25, 0.3) is 0 Å². The third-order valence-electron chi connectivity index (χ3n) is 4.64. The van der Waals surface area contributed by atoms with Crippen molar-refractivity contribution >= 4 is 39.3 Å². The molecule has 0 saturated heterocycles. The van der Waals surface area contributed by atoms with Crippen LogP contribution in [0.1, 0.15) is 43.6 Å². The highest BCUT2D eigenvalue weighted by atomic mass is 79.9. The monoisotopic (exact) mass is 473 g/mol. The molecule has 2 aromatic carbocycles. The molecule has 0 aliphatic heterocycles. The van der Waals surface area contributed by atoms with E-state index in [9.17, 15) is 14.4 Å². The molecule has 2 aromatic rings. The SMILES string of the molecule is CC(NC(=O)c1ccc(C(C)(C)C)cc1)C(=O)N(C)CC(=O)Nc1ccccc1Br. The van der Waals surface area contributed by atoms with Crippen LogP contribution in [0.3, 0.4) is 0 Å². The van der Waals surface area contributed by atoms with Crippen LogP contribution >= 0.6 is 15.9 Å². The number of benzene rings is 2. The Morgan fingerprint density at radius 3 is 2.20 bits per heavy atom. The summed E-state index contributed by atoms with van der Waals surface area (Å²) in [5.74, 6) is -1.01. The largest absolute Gasteiger partial charge is 0.341 e. The van der Waals surface area contributed by atoms with Crippen LogP contribution in [-0.2, 0) is 15.0 Å². The topological polar surface area (TPSA) is 78.5 Å². The quantitative estimate of drug-likeness (QED) is 0.666. The lowest BCUT2D eigenvalue weighted by Crippen LogP contribution is -2.47. The van der Waals surface area contributed by atoms with Crippen LogP contribution in [0.2, 0.25) is 0 Å². The van der Waals surface area contributed by atoms with Crippen molar-refractivity contribution in [3.63, 3.8) is 0 Å². The number of hydrogen-bond donors (Lipinski definition) is 2. The Hall–Kier alpha value is -2.67. The number of carbonyl (C=O) groups excluding carboxylic acids is 3. The van der Waals surface area contributed by atoms with E-state index >= 15 is 0 Å². The van der Waals surface area contributed by atoms with Gasteiger partial charge < -0.3 is 15.5 Å². The van der Waals surface area contributed by atoms with Crippen LogP contribution in [0, 0.1) is 0 Å². The van der Waals surface area contributed by atoms with Gasteiger partial charge in [-0.05, 0) is 58.1 Å². The summed E-state index contributed by atoms with van der Waals surface area (Å²) in [6.07, 6.45) is 0. The van der Waals surface area contributed by atoms with Crippen LogP contribution in [-0.4, -0.2) is 42.3 Å². The molecule has 0 aliphatic carbocycles. The van der Waals surface area contributed by atoms with Crippen molar-refractivity contribution in [2.75, 3.05) is 18.9 Å². The summed E-state index contributed by atoms with van der Waals surface area (Å²) in [7, 11) is 1.53. The zero-order valence-electron chi connectivity index (χ0n) is 18.0. The summed E-state index contributed by atoms with van der Waals surface area (Å²) in [4.78, 5) is 38.6. The van der Waals surface area contributed by atoms with Gasteiger partial charge in [-0.15, -0.1) is 0 Å². The van der Waals surface area contributed by atoms with E-state index in [1.165, 1.54) is 11.9 Å². The summed E-state index contributed by atoms with van der Waals surface area (Å²) in [6, 6.07) is 13.8. The van der Waals surface area contributed by atoms with Gasteiger partial charge in [0.15, 0.2) is 0 Å². The van der Waals surface area contributed by atoms with Crippen LogP contribution in [0.15, 0.2) is 53.0 Å². The third kappa shape index (κ3) is 6.42. The van der Waals surface area contributed by atoms with E-state index in [0.29, 0.717) is 11.3 Å². The lowest BCUT2D eigenvalue weighted by molar-refractivity contribution is -0.134. The predicted octanol–water partition coefficient (Wildman–Crippen LogP) is 3.96. The molecule has 30 heavy (non-hydrogen) atoms. The van der Waals surface area contributed by atoms with Crippen molar-refractivity contribution < 1.29 is 14.4 Å². The minimum Gasteiger partial charge on any atom is -0.341 e. The molecule has 1 unspecified atom stereocenters. The van der Waals surface area contributed by atoms with Gasteiger partial charge in [-0.1, -0.05) is 45.0 Å². The maximum Gasteiger partial charge on any atom is 0.251 e. The lowest BCUT2D eigenvalue weighted by Gasteiger charge is -2.22. The molecule has 160 valence electrons. The minimum atomic E-state index is -0.763. The summed E-state index contributed by atoms with van der Waals surface area (Å²) in [5, 5.41) is 5.45. The molecule has 0 aliphatic rings. The molecule has 1 atom stereocenters. The van der Waals surface area contributed by atoms with Crippen LogP contribution in [0.5, 0.6) is 0 Å². The molecule has 0 bridgehead atoms. The van der Waals surface area contributed by atoms with E-state index in [1.54, 1.807) is 31.2 Å². The van der Waals surface area contributed by atoms with Crippen molar-refractivity contribution in [2.24, 2.45) is 0 Å². The number of amides is 3. The number of halogens is 1. The van der Waals surface area contributed by atoms with Gasteiger partial charge in [0.2, 0.25) is 11.8 Å². The highest BCUT2D eigenvalue weighted by Crippen LogP contribution is 2.22. The fourth-order valence-electron chi connectivity index (χ4n) is 2.84. The molecule has 0 fully saturated rings. The molecule has 0 spiro atoms. The number of nitrogens with zero attached hydrogens (tertiary/aromatic N) is 1. The van der Waals surface area contributed by atoms with E-state index < -0.39 is 6.04 Å². The second-order valence-electron chi connectivity index (χ2n) is 8.24. The smallest absolute Gasteiger partial charge is 0.251 e. The molecule has 0 saturated carbocycles. The fourth-order valence-corrected chi connectivity index (χ4v) is 3.22. The van der Waals surface area contributed by atoms with Gasteiger partial charge in [0.1, 0.15) is 6.04 Å². The lowest BCUT2D eigenvalue weighted by atomic mass is 9.86. The molecule has 0 aromatic heterocycles. The molecular weight excluding hydrogens is 446 g/mol. The molecular formula is C23H28BrN3O3. The number of likely N-dealkylation sites (N-methyl/N-ethyl adjacent to an activating group) is 1. The first kappa shape index (κ1) is 23.6. The van der Waals surface area contributed by atoms with Crippen molar-refractivity contribution in [1.29, 1.82) is 0 Å². The van der Waals surface area contributed by atoms with Gasteiger partial charge in [0.05, 0.1) is 12.2 Å². The fraction of sp³-hybridized carbons (Fsp3) is 0.348. The number of para-hydroxylation sites is 1. The van der Waals surface area contributed by atoms with E-state index in [4.69, 9.17) is 0 Å². The Morgan fingerprint density at radius 1 is 1.03 bits per heavy atom. The maximum atomic E-state index is 12.6. The normalized spacial score (nSPS) is 12.1. The average Bonchev–Trinajstić information content (AvgIpc) is 2.68. The van der Waals surface area contributed by atoms with Gasteiger partial charge in [0, 0.05) is 17.1 Å². The first-order valence-electron chi connectivity index (χ1n) is 9.70. The van der Waals surface area contributed by atoms with Gasteiger partial charge >= 0.3 is 0 Å². The minimum absolute atomic E-state index is 0.00309. The maximum absolute atomic E-state index is 12.6. The van der Waals surface area contributed by atoms with Crippen molar-refractivity contribution in [1.82, 2.24) is 10.2 Å². The molecule has 3 amide bonds. The Morgan fingerprint density at radius 2 is 1.63 bits per heavy atom. The molecule has 0 heterocycles. The molecule has 6 nitrogen and oxygen atoms in total. The zero-order chi connectivity index (χ0) is 22.5. The van der Waals surface area contributed by atoms with Gasteiger partial charge in [-0.2, -0.15) is 0 Å². The Kier molecular flexibility index (Phi) is 7.78. The van der Waals surface area contributed by atoms with Gasteiger partial charge in [0.25, 0.3) is 5.91 Å². The number of anilines is 1. The summed E-state index contributed by atoms with van der Waals surface area (Å²) in [6.45, 7) is 7.79. The van der Waals surface area contributed by atoms with Crippen LogP contribution < -0.4 is 10.6 Å². The first-order valence-corrected chi connectivity index (χ1v) is 10.5. The second-order valence-corrected chi connectivity index (χ2v) is 9.10. The zero-order valence-corrected chi connectivity index (χ0v) is 19.5. The van der Waals surface area contributed by atoms with Gasteiger partial charge in [-0.25, -0.2) is 0 Å². The third-order valence-corrected chi connectivity index (χ3v) is 5.33. The molecule has 7 heteroatoms. The van der Waals surface area contributed by atoms with E-state index in [-0.39, 0.29) is 29.7 Å². The second kappa shape index (κ2) is 9.89. The van der Waals surface area contributed by atoms with Crippen molar-refractivity contribution in [2.45, 2.75) is 39.2 Å². The Bertz CT molecular complexity index is 920. The number of carbonyl (C=O) groups is 3. The predicted molar refractivity (Wildman–Crippen MR) is 122 cm³/mol. The first-order chi connectivity index (χ1) is 14.0. The summed E-state index contributed by atoms with van der Waals surface area (Å²) < 4.78 is 0.755. The Labute approximate surface area is 186 Å². The number of rotatable bonds is 6. The molecule has 2 N–H and O–H groups in total. The van der Waals surface area contributed by atoms with Crippen molar-refractivity contribution in [3.8, 4) is 0 Å². The van der Waals surface area contributed by atoms with Crippen LogP contribution in [0.4, 0.5) is 5.69 Å². The number of hydrogen-bond acceptors (Lipinski definition) is 3. The highest BCUT2D eigenvalue weighted by molar-refractivity contribution is 9.10. The van der Waals surface area contributed by atoms with E-state index in [0.717, 1.165) is 10.0 Å². The molecule has 2 rings (SSSR count). The average molecular weight is 474 g/mol.